The van der Waals surface area contributed by atoms with Crippen molar-refractivity contribution in [1.82, 2.24) is 0 Å². The molecule has 0 aromatic heterocycles. The van der Waals surface area contributed by atoms with Gasteiger partial charge in [-0.2, -0.15) is 0 Å². The molecule has 0 fully saturated rings. The van der Waals surface area contributed by atoms with Crippen LogP contribution >= 0.6 is 0 Å². The average molecular weight is 266 g/mol. The number of rotatable bonds is 6. The quantitative estimate of drug-likeness (QED) is 0.857. The van der Waals surface area contributed by atoms with Crippen molar-refractivity contribution in [2.24, 2.45) is 0 Å². The second-order valence-corrected chi connectivity index (χ2v) is 5.41. The fourth-order valence-corrected chi connectivity index (χ4v) is 2.19. The van der Waals surface area contributed by atoms with E-state index < -0.39 is 6.10 Å². The number of hydrogen-bond acceptors (Lipinski definition) is 4. The number of ether oxygens (including phenoxy) is 3. The maximum Gasteiger partial charge on any atom is 0.165 e. The standard InChI is InChI=1S/C15H22O4/c1-4-17-9-12(16)10-18-13-7-5-6-11-8-15(2,3)19-14(11)13/h5-7,12,16H,4,8-10H2,1-3H3/t12-/m0/s1. The third kappa shape index (κ3) is 3.61. The van der Waals surface area contributed by atoms with E-state index in [-0.39, 0.29) is 18.8 Å². The van der Waals surface area contributed by atoms with E-state index >= 15 is 0 Å². The Morgan fingerprint density at radius 1 is 1.37 bits per heavy atom. The molecule has 0 saturated heterocycles. The molecule has 0 saturated carbocycles. The zero-order chi connectivity index (χ0) is 13.9. The minimum atomic E-state index is -0.620. The molecule has 2 rings (SSSR count). The van der Waals surface area contributed by atoms with Crippen LogP contribution in [0.15, 0.2) is 18.2 Å². The molecular weight excluding hydrogens is 244 g/mol. The fourth-order valence-electron chi connectivity index (χ4n) is 2.19. The first kappa shape index (κ1) is 14.2. The largest absolute Gasteiger partial charge is 0.487 e. The van der Waals surface area contributed by atoms with E-state index in [1.165, 1.54) is 0 Å². The van der Waals surface area contributed by atoms with Crippen molar-refractivity contribution in [3.63, 3.8) is 0 Å². The van der Waals surface area contributed by atoms with E-state index in [2.05, 4.69) is 13.8 Å². The Hall–Kier alpha value is -1.26. The van der Waals surface area contributed by atoms with Crippen LogP contribution < -0.4 is 9.47 Å². The lowest BCUT2D eigenvalue weighted by Gasteiger charge is -2.19. The monoisotopic (exact) mass is 266 g/mol. The predicted octanol–water partition coefficient (Wildman–Crippen LogP) is 2.18. The number of hydrogen-bond donors (Lipinski definition) is 1. The summed E-state index contributed by atoms with van der Waals surface area (Å²) in [6.45, 7) is 7.10. The Morgan fingerprint density at radius 2 is 2.16 bits per heavy atom. The normalized spacial score (nSPS) is 17.7. The van der Waals surface area contributed by atoms with Crippen LogP contribution in [0.5, 0.6) is 11.5 Å². The number of fused-ring (bicyclic) bond motifs is 1. The van der Waals surface area contributed by atoms with Crippen LogP contribution in [-0.4, -0.2) is 36.6 Å². The van der Waals surface area contributed by atoms with E-state index in [1.54, 1.807) is 0 Å². The van der Waals surface area contributed by atoms with E-state index in [0.29, 0.717) is 12.4 Å². The summed E-state index contributed by atoms with van der Waals surface area (Å²) < 4.78 is 16.7. The van der Waals surface area contributed by atoms with Crippen molar-refractivity contribution < 1.29 is 19.3 Å². The van der Waals surface area contributed by atoms with Crippen LogP contribution in [0.25, 0.3) is 0 Å². The van der Waals surface area contributed by atoms with Gasteiger partial charge in [-0.15, -0.1) is 0 Å². The van der Waals surface area contributed by atoms with Gasteiger partial charge in [0, 0.05) is 18.6 Å². The predicted molar refractivity (Wildman–Crippen MR) is 72.8 cm³/mol. The molecule has 0 amide bonds. The zero-order valence-electron chi connectivity index (χ0n) is 11.8. The Bertz CT molecular complexity index is 428. The second-order valence-electron chi connectivity index (χ2n) is 5.41. The second kappa shape index (κ2) is 5.80. The summed E-state index contributed by atoms with van der Waals surface area (Å²) in [4.78, 5) is 0. The lowest BCUT2D eigenvalue weighted by atomic mass is 10.0. The molecule has 4 nitrogen and oxygen atoms in total. The zero-order valence-corrected chi connectivity index (χ0v) is 11.8. The maximum absolute atomic E-state index is 9.70. The molecule has 0 bridgehead atoms. The van der Waals surface area contributed by atoms with Gasteiger partial charge < -0.3 is 19.3 Å². The van der Waals surface area contributed by atoms with Crippen LogP contribution in [0, 0.1) is 0 Å². The van der Waals surface area contributed by atoms with Crippen LogP contribution in [0.2, 0.25) is 0 Å². The molecule has 1 aliphatic heterocycles. The van der Waals surface area contributed by atoms with Gasteiger partial charge in [0.2, 0.25) is 0 Å². The first-order valence-electron chi connectivity index (χ1n) is 6.71. The maximum atomic E-state index is 9.70. The Labute approximate surface area is 114 Å². The Balaban J connectivity index is 1.98. The van der Waals surface area contributed by atoms with Crippen LogP contribution in [0.4, 0.5) is 0 Å². The van der Waals surface area contributed by atoms with Gasteiger partial charge >= 0.3 is 0 Å². The lowest BCUT2D eigenvalue weighted by Crippen LogP contribution is -2.25. The Morgan fingerprint density at radius 3 is 2.89 bits per heavy atom. The van der Waals surface area contributed by atoms with Crippen molar-refractivity contribution in [3.8, 4) is 11.5 Å². The van der Waals surface area contributed by atoms with Crippen molar-refractivity contribution in [2.45, 2.75) is 38.9 Å². The van der Waals surface area contributed by atoms with Gasteiger partial charge in [0.1, 0.15) is 18.3 Å². The molecule has 4 heteroatoms. The summed E-state index contributed by atoms with van der Waals surface area (Å²) in [6, 6.07) is 5.87. The fraction of sp³-hybridized carbons (Fsp3) is 0.600. The van der Waals surface area contributed by atoms with Crippen LogP contribution in [0.1, 0.15) is 26.3 Å². The highest BCUT2D eigenvalue weighted by Gasteiger charge is 2.32. The van der Waals surface area contributed by atoms with Gasteiger partial charge in [-0.3, -0.25) is 0 Å². The van der Waals surface area contributed by atoms with E-state index in [1.807, 2.05) is 25.1 Å². The van der Waals surface area contributed by atoms with Crippen molar-refractivity contribution >= 4 is 0 Å². The average Bonchev–Trinajstić information content (AvgIpc) is 2.68. The third-order valence-electron chi connectivity index (χ3n) is 3.00. The van der Waals surface area contributed by atoms with Gasteiger partial charge in [0.05, 0.1) is 6.61 Å². The molecule has 1 aromatic rings. The van der Waals surface area contributed by atoms with Crippen LogP contribution in [0.3, 0.4) is 0 Å². The SMILES string of the molecule is CCOC[C@H](O)COc1cccc2c1OC(C)(C)C2. The Kier molecular flexibility index (Phi) is 4.32. The van der Waals surface area contributed by atoms with Crippen molar-refractivity contribution in [1.29, 1.82) is 0 Å². The van der Waals surface area contributed by atoms with Gasteiger partial charge in [0.25, 0.3) is 0 Å². The molecular formula is C15H22O4. The molecule has 106 valence electrons. The highest BCUT2D eigenvalue weighted by molar-refractivity contribution is 5.50. The van der Waals surface area contributed by atoms with E-state index in [9.17, 15) is 5.11 Å². The first-order chi connectivity index (χ1) is 9.02. The first-order valence-corrected chi connectivity index (χ1v) is 6.71. The topological polar surface area (TPSA) is 47.9 Å². The van der Waals surface area contributed by atoms with Gasteiger partial charge in [-0.05, 0) is 26.8 Å². The van der Waals surface area contributed by atoms with Crippen LogP contribution in [-0.2, 0) is 11.2 Å². The summed E-state index contributed by atoms with van der Waals surface area (Å²) in [7, 11) is 0. The minimum absolute atomic E-state index is 0.189. The molecule has 19 heavy (non-hydrogen) atoms. The number of aliphatic hydroxyl groups excluding tert-OH is 1. The molecule has 0 unspecified atom stereocenters. The highest BCUT2D eigenvalue weighted by atomic mass is 16.5. The molecule has 0 spiro atoms. The van der Waals surface area contributed by atoms with Gasteiger partial charge in [0.15, 0.2) is 11.5 Å². The number of para-hydroxylation sites is 1. The van der Waals surface area contributed by atoms with E-state index in [4.69, 9.17) is 14.2 Å². The van der Waals surface area contributed by atoms with E-state index in [0.717, 1.165) is 17.7 Å². The summed E-state index contributed by atoms with van der Waals surface area (Å²) >= 11 is 0. The van der Waals surface area contributed by atoms with Gasteiger partial charge in [-0.25, -0.2) is 0 Å². The molecule has 1 heterocycles. The number of benzene rings is 1. The summed E-state index contributed by atoms with van der Waals surface area (Å²) in [5.41, 5.74) is 0.966. The molecule has 0 aliphatic carbocycles. The molecule has 1 N–H and O–H groups in total. The summed E-state index contributed by atoms with van der Waals surface area (Å²) in [5.74, 6) is 1.50. The molecule has 0 radical (unpaired) electrons. The van der Waals surface area contributed by atoms with Gasteiger partial charge in [-0.1, -0.05) is 12.1 Å². The smallest absolute Gasteiger partial charge is 0.165 e. The molecule has 1 aromatic carbocycles. The minimum Gasteiger partial charge on any atom is -0.487 e. The number of aliphatic hydroxyl groups is 1. The summed E-state index contributed by atoms with van der Waals surface area (Å²) in [6.07, 6.45) is 0.256. The van der Waals surface area contributed by atoms with Crippen molar-refractivity contribution in [3.05, 3.63) is 23.8 Å². The molecule has 1 atom stereocenters. The van der Waals surface area contributed by atoms with Crippen molar-refractivity contribution in [2.75, 3.05) is 19.8 Å². The molecule has 1 aliphatic rings. The lowest BCUT2D eigenvalue weighted by molar-refractivity contribution is 0.0153. The summed E-state index contributed by atoms with van der Waals surface area (Å²) in [5, 5.41) is 9.70. The third-order valence-corrected chi connectivity index (χ3v) is 3.00. The highest BCUT2D eigenvalue weighted by Crippen LogP contribution is 2.41.